The summed E-state index contributed by atoms with van der Waals surface area (Å²) in [4.78, 5) is 15.3. The van der Waals surface area contributed by atoms with E-state index in [2.05, 4.69) is 31.0 Å². The summed E-state index contributed by atoms with van der Waals surface area (Å²) in [5.41, 5.74) is -0.158. The molecule has 0 unspecified atom stereocenters. The molecule has 96 valence electrons. The van der Waals surface area contributed by atoms with Crippen LogP contribution in [0.15, 0.2) is 16.9 Å². The third kappa shape index (κ3) is 2.84. The lowest BCUT2D eigenvalue weighted by Gasteiger charge is -2.11. The number of amides is 2. The van der Waals surface area contributed by atoms with Crippen LogP contribution in [0, 0.1) is 0 Å². The number of urea groups is 1. The van der Waals surface area contributed by atoms with Crippen molar-refractivity contribution in [1.29, 1.82) is 0 Å². The molecule has 0 aliphatic carbocycles. The Morgan fingerprint density at radius 3 is 2.72 bits per heavy atom. The molecular formula is C10H14N6O2. The summed E-state index contributed by atoms with van der Waals surface area (Å²) in [7, 11) is 0. The van der Waals surface area contributed by atoms with Crippen LogP contribution in [0.5, 0.6) is 0 Å². The first-order valence-electron chi connectivity index (χ1n) is 5.36. The van der Waals surface area contributed by atoms with Gasteiger partial charge in [0.25, 0.3) is 0 Å². The first kappa shape index (κ1) is 12.1. The summed E-state index contributed by atoms with van der Waals surface area (Å²) in [5.74, 6) is 1.29. The van der Waals surface area contributed by atoms with Crippen LogP contribution < -0.4 is 10.6 Å². The minimum atomic E-state index is -0.472. The zero-order chi connectivity index (χ0) is 13.2. The Labute approximate surface area is 103 Å². The van der Waals surface area contributed by atoms with Crippen LogP contribution in [0.3, 0.4) is 0 Å². The predicted molar refractivity (Wildman–Crippen MR) is 64.2 cm³/mol. The summed E-state index contributed by atoms with van der Waals surface area (Å²) < 4.78 is 5.14. The second-order valence-corrected chi connectivity index (χ2v) is 4.74. The molecule has 0 saturated carbocycles. The van der Waals surface area contributed by atoms with Crippen molar-refractivity contribution in [3.05, 3.63) is 18.2 Å². The summed E-state index contributed by atoms with van der Waals surface area (Å²) >= 11 is 0. The number of anilines is 2. The molecule has 0 saturated heterocycles. The third-order valence-electron chi connectivity index (χ3n) is 2.14. The van der Waals surface area contributed by atoms with E-state index in [0.717, 1.165) is 0 Å². The van der Waals surface area contributed by atoms with E-state index in [9.17, 15) is 4.79 Å². The lowest BCUT2D eigenvalue weighted by molar-refractivity contribution is 0.261. The minimum absolute atomic E-state index is 0.158. The molecule has 8 heteroatoms. The summed E-state index contributed by atoms with van der Waals surface area (Å²) in [6.45, 7) is 5.98. The van der Waals surface area contributed by atoms with Crippen LogP contribution in [0.2, 0.25) is 0 Å². The van der Waals surface area contributed by atoms with E-state index >= 15 is 0 Å². The third-order valence-corrected chi connectivity index (χ3v) is 2.14. The zero-order valence-electron chi connectivity index (χ0n) is 10.3. The Balaban J connectivity index is 1.97. The fourth-order valence-corrected chi connectivity index (χ4v) is 1.21. The Morgan fingerprint density at radius 2 is 2.17 bits per heavy atom. The van der Waals surface area contributed by atoms with Crippen LogP contribution in [0.1, 0.15) is 26.5 Å². The number of nitrogens with one attached hydrogen (secondary N) is 3. The number of H-pyrrole nitrogens is 1. The topological polar surface area (TPSA) is 109 Å². The Morgan fingerprint density at radius 1 is 1.39 bits per heavy atom. The highest BCUT2D eigenvalue weighted by atomic mass is 16.5. The maximum atomic E-state index is 11.5. The van der Waals surface area contributed by atoms with Gasteiger partial charge in [-0.25, -0.2) is 9.89 Å². The number of hydrogen-bond acceptors (Lipinski definition) is 5. The molecule has 0 fully saturated rings. The molecule has 0 aromatic carbocycles. The van der Waals surface area contributed by atoms with Crippen LogP contribution in [0.4, 0.5) is 16.6 Å². The molecule has 2 amide bonds. The second kappa shape index (κ2) is 4.47. The quantitative estimate of drug-likeness (QED) is 0.752. The van der Waals surface area contributed by atoms with Gasteiger partial charge < -0.3 is 4.52 Å². The molecule has 0 aliphatic heterocycles. The Hall–Kier alpha value is -2.38. The van der Waals surface area contributed by atoms with Gasteiger partial charge in [-0.05, 0) is 0 Å². The standard InChI is InChI=1S/C10H14N6O2/c1-10(2,3)6-4-7(16-18-6)13-9(17)14-8-11-5-12-15-8/h4-5H,1-3H3,(H3,11,12,13,14,15,16,17). The fourth-order valence-electron chi connectivity index (χ4n) is 1.21. The van der Waals surface area contributed by atoms with Gasteiger partial charge in [-0.3, -0.25) is 10.6 Å². The molecule has 0 radical (unpaired) electrons. The SMILES string of the molecule is CC(C)(C)c1cc(NC(=O)Nc2ncn[nH]2)no1. The molecule has 8 nitrogen and oxygen atoms in total. The molecule has 3 N–H and O–H groups in total. The van der Waals surface area contributed by atoms with Gasteiger partial charge >= 0.3 is 6.03 Å². The lowest BCUT2D eigenvalue weighted by Crippen LogP contribution is -2.20. The van der Waals surface area contributed by atoms with Crippen LogP contribution >= 0.6 is 0 Å². The summed E-state index contributed by atoms with van der Waals surface area (Å²) in [5, 5.41) is 14.9. The van der Waals surface area contributed by atoms with Crippen LogP contribution in [0.25, 0.3) is 0 Å². The normalized spacial score (nSPS) is 11.3. The Kier molecular flexibility index (Phi) is 3.00. The van der Waals surface area contributed by atoms with Crippen molar-refractivity contribution in [2.24, 2.45) is 0 Å². The number of hydrogen-bond donors (Lipinski definition) is 3. The summed E-state index contributed by atoms with van der Waals surface area (Å²) in [6.07, 6.45) is 1.30. The molecule has 18 heavy (non-hydrogen) atoms. The average molecular weight is 250 g/mol. The fraction of sp³-hybridized carbons (Fsp3) is 0.400. The van der Waals surface area contributed by atoms with Gasteiger partial charge in [0.2, 0.25) is 5.95 Å². The van der Waals surface area contributed by atoms with Crippen molar-refractivity contribution in [2.45, 2.75) is 26.2 Å². The zero-order valence-corrected chi connectivity index (χ0v) is 10.3. The number of carbonyl (C=O) groups excluding carboxylic acids is 1. The maximum absolute atomic E-state index is 11.5. The highest BCUT2D eigenvalue weighted by molar-refractivity contribution is 5.97. The van der Waals surface area contributed by atoms with Gasteiger partial charge in [0.15, 0.2) is 5.82 Å². The van der Waals surface area contributed by atoms with E-state index < -0.39 is 6.03 Å². The van der Waals surface area contributed by atoms with Gasteiger partial charge in [0, 0.05) is 11.5 Å². The van der Waals surface area contributed by atoms with E-state index in [0.29, 0.717) is 11.6 Å². The molecule has 0 atom stereocenters. The number of carbonyl (C=O) groups is 1. The Bertz CT molecular complexity index is 525. The van der Waals surface area contributed by atoms with Gasteiger partial charge in [0.1, 0.15) is 12.1 Å². The van der Waals surface area contributed by atoms with Crippen LogP contribution in [-0.4, -0.2) is 26.4 Å². The van der Waals surface area contributed by atoms with Crippen molar-refractivity contribution >= 4 is 17.8 Å². The van der Waals surface area contributed by atoms with E-state index in [4.69, 9.17) is 4.52 Å². The van der Waals surface area contributed by atoms with Crippen LogP contribution in [-0.2, 0) is 5.41 Å². The monoisotopic (exact) mass is 250 g/mol. The molecule has 0 aliphatic rings. The van der Waals surface area contributed by atoms with E-state index in [1.54, 1.807) is 6.07 Å². The second-order valence-electron chi connectivity index (χ2n) is 4.74. The van der Waals surface area contributed by atoms with Gasteiger partial charge in [0.05, 0.1) is 0 Å². The molecule has 0 bridgehead atoms. The molecule has 0 spiro atoms. The minimum Gasteiger partial charge on any atom is -0.359 e. The van der Waals surface area contributed by atoms with Gasteiger partial charge in [-0.15, -0.1) is 0 Å². The first-order valence-corrected chi connectivity index (χ1v) is 5.36. The number of aromatic nitrogens is 4. The van der Waals surface area contributed by atoms with Crippen molar-refractivity contribution in [3.8, 4) is 0 Å². The number of nitrogens with zero attached hydrogens (tertiary/aromatic N) is 3. The molecule has 2 rings (SSSR count). The summed E-state index contributed by atoms with van der Waals surface area (Å²) in [6, 6.07) is 1.21. The maximum Gasteiger partial charge on any atom is 0.327 e. The highest BCUT2D eigenvalue weighted by Crippen LogP contribution is 2.24. The van der Waals surface area contributed by atoms with Crippen molar-refractivity contribution in [2.75, 3.05) is 10.6 Å². The molecule has 2 aromatic heterocycles. The molecule has 2 aromatic rings. The van der Waals surface area contributed by atoms with E-state index in [1.165, 1.54) is 6.33 Å². The lowest BCUT2D eigenvalue weighted by atomic mass is 9.93. The predicted octanol–water partition coefficient (Wildman–Crippen LogP) is 1.73. The molecule has 2 heterocycles. The average Bonchev–Trinajstić information content (AvgIpc) is 2.87. The van der Waals surface area contributed by atoms with Crippen molar-refractivity contribution in [1.82, 2.24) is 20.3 Å². The number of rotatable bonds is 2. The van der Waals surface area contributed by atoms with Crippen molar-refractivity contribution in [3.63, 3.8) is 0 Å². The highest BCUT2D eigenvalue weighted by Gasteiger charge is 2.20. The van der Waals surface area contributed by atoms with E-state index in [-0.39, 0.29) is 11.4 Å². The largest absolute Gasteiger partial charge is 0.359 e. The van der Waals surface area contributed by atoms with Gasteiger partial charge in [-0.2, -0.15) is 10.1 Å². The smallest absolute Gasteiger partial charge is 0.327 e. The molecular weight excluding hydrogens is 236 g/mol. The van der Waals surface area contributed by atoms with Crippen molar-refractivity contribution < 1.29 is 9.32 Å². The number of aromatic amines is 1. The van der Waals surface area contributed by atoms with E-state index in [1.807, 2.05) is 20.8 Å². The van der Waals surface area contributed by atoms with Gasteiger partial charge in [-0.1, -0.05) is 25.9 Å². The first-order chi connectivity index (χ1) is 8.45.